The Balaban J connectivity index is 4.54. The first-order valence-corrected chi connectivity index (χ1v) is 3.71. The van der Waals surface area contributed by atoms with Crippen molar-refractivity contribution < 1.29 is 24.1 Å². The van der Waals surface area contributed by atoms with Gasteiger partial charge in [0, 0.05) is 24.6 Å². The normalized spacial score (nSPS) is 8.79. The zero-order chi connectivity index (χ0) is 11.3. The molecule has 14 heavy (non-hydrogen) atoms. The summed E-state index contributed by atoms with van der Waals surface area (Å²) in [5.41, 5.74) is 0.0764. The van der Waals surface area contributed by atoms with Gasteiger partial charge in [-0.15, -0.1) is 0 Å². The second kappa shape index (κ2) is 5.00. The SMILES string of the molecule is C=C(C)C(=O)N(OC(C)=O)OC(C)=O. The number of carbonyl (C=O) groups excluding carboxylic acids is 3. The Labute approximate surface area is 81.0 Å². The largest absolute Gasteiger partial charge is 0.333 e. The average molecular weight is 201 g/mol. The van der Waals surface area contributed by atoms with Crippen molar-refractivity contribution in [3.05, 3.63) is 12.2 Å². The summed E-state index contributed by atoms with van der Waals surface area (Å²) in [7, 11) is 0. The number of hydroxylamine groups is 2. The van der Waals surface area contributed by atoms with Crippen molar-refractivity contribution in [1.29, 1.82) is 0 Å². The third kappa shape index (κ3) is 4.24. The number of nitrogens with zero attached hydrogens (tertiary/aromatic N) is 1. The Kier molecular flexibility index (Phi) is 4.34. The highest BCUT2D eigenvalue weighted by molar-refractivity contribution is 5.92. The molecule has 0 saturated carbocycles. The lowest BCUT2D eigenvalue weighted by Gasteiger charge is -2.17. The van der Waals surface area contributed by atoms with E-state index in [2.05, 4.69) is 16.3 Å². The van der Waals surface area contributed by atoms with E-state index in [-0.39, 0.29) is 10.8 Å². The van der Waals surface area contributed by atoms with E-state index < -0.39 is 17.8 Å². The summed E-state index contributed by atoms with van der Waals surface area (Å²) in [5.74, 6) is -2.35. The third-order valence-corrected chi connectivity index (χ3v) is 0.954. The number of hydrogen-bond donors (Lipinski definition) is 0. The van der Waals surface area contributed by atoms with E-state index in [0.29, 0.717) is 0 Å². The van der Waals surface area contributed by atoms with Crippen LogP contribution in [0.1, 0.15) is 20.8 Å². The molecule has 0 radical (unpaired) electrons. The quantitative estimate of drug-likeness (QED) is 0.452. The van der Waals surface area contributed by atoms with Gasteiger partial charge in [0.1, 0.15) is 0 Å². The van der Waals surface area contributed by atoms with Crippen molar-refractivity contribution in [2.24, 2.45) is 0 Å². The van der Waals surface area contributed by atoms with E-state index in [4.69, 9.17) is 0 Å². The Morgan fingerprint density at radius 1 is 1.00 bits per heavy atom. The maximum Gasteiger partial charge on any atom is 0.333 e. The molecule has 0 aromatic carbocycles. The number of rotatable bonds is 1. The molecule has 0 aliphatic heterocycles. The van der Waals surface area contributed by atoms with Crippen LogP contribution in [0.2, 0.25) is 0 Å². The van der Waals surface area contributed by atoms with Crippen LogP contribution in [0, 0.1) is 0 Å². The fourth-order valence-electron chi connectivity index (χ4n) is 0.491. The molecule has 0 fully saturated rings. The van der Waals surface area contributed by atoms with Gasteiger partial charge < -0.3 is 9.68 Å². The van der Waals surface area contributed by atoms with Gasteiger partial charge in [0.25, 0.3) is 0 Å². The number of carbonyl (C=O) groups is 3. The summed E-state index contributed by atoms with van der Waals surface area (Å²) in [4.78, 5) is 40.9. The van der Waals surface area contributed by atoms with Crippen LogP contribution in [0.5, 0.6) is 0 Å². The van der Waals surface area contributed by atoms with Gasteiger partial charge in [-0.1, -0.05) is 6.58 Å². The maximum atomic E-state index is 11.2. The minimum absolute atomic E-state index is 0.0764. The molecule has 0 aliphatic carbocycles. The van der Waals surface area contributed by atoms with Gasteiger partial charge in [0.2, 0.25) is 0 Å². The standard InChI is InChI=1S/C8H11NO5/c1-5(2)8(12)9(13-6(3)10)14-7(4)11/h1H2,2-4H3. The molecule has 0 spiro atoms. The summed E-state index contributed by atoms with van der Waals surface area (Å²) in [6.45, 7) is 6.85. The van der Waals surface area contributed by atoms with Gasteiger partial charge >= 0.3 is 17.8 Å². The van der Waals surface area contributed by atoms with Crippen LogP contribution in [0.3, 0.4) is 0 Å². The summed E-state index contributed by atoms with van der Waals surface area (Å²) in [6.07, 6.45) is 0. The number of amides is 1. The van der Waals surface area contributed by atoms with E-state index >= 15 is 0 Å². The molecule has 0 aromatic heterocycles. The average Bonchev–Trinajstić information content (AvgIpc) is 1.99. The fraction of sp³-hybridized carbons (Fsp3) is 0.375. The van der Waals surface area contributed by atoms with Crippen LogP contribution in [0.25, 0.3) is 0 Å². The van der Waals surface area contributed by atoms with Gasteiger partial charge in [-0.3, -0.25) is 4.79 Å². The Bertz CT molecular complexity index is 267. The first-order chi connectivity index (χ1) is 6.34. The third-order valence-electron chi connectivity index (χ3n) is 0.954. The lowest BCUT2D eigenvalue weighted by molar-refractivity contribution is -0.302. The van der Waals surface area contributed by atoms with E-state index in [0.717, 1.165) is 13.8 Å². The first-order valence-electron chi connectivity index (χ1n) is 3.71. The Morgan fingerprint density at radius 3 is 1.57 bits per heavy atom. The van der Waals surface area contributed by atoms with Crippen molar-refractivity contribution in [3.63, 3.8) is 0 Å². The summed E-state index contributed by atoms with van der Waals surface area (Å²) in [6, 6.07) is 0. The predicted molar refractivity (Wildman–Crippen MR) is 45.2 cm³/mol. The van der Waals surface area contributed by atoms with E-state index in [1.54, 1.807) is 0 Å². The predicted octanol–water partition coefficient (Wildman–Crippen LogP) is 0.347. The van der Waals surface area contributed by atoms with Crippen LogP contribution >= 0.6 is 0 Å². The van der Waals surface area contributed by atoms with E-state index in [9.17, 15) is 14.4 Å². The van der Waals surface area contributed by atoms with Gasteiger partial charge in [0.15, 0.2) is 0 Å². The lowest BCUT2D eigenvalue weighted by atomic mass is 10.3. The topological polar surface area (TPSA) is 72.9 Å². The van der Waals surface area contributed by atoms with Crippen LogP contribution in [-0.2, 0) is 24.1 Å². The lowest BCUT2D eigenvalue weighted by Crippen LogP contribution is -2.34. The number of hydrogen-bond acceptors (Lipinski definition) is 5. The molecule has 0 saturated heterocycles. The van der Waals surface area contributed by atoms with E-state index in [1.807, 2.05) is 0 Å². The smallest absolute Gasteiger partial charge is 0.303 e. The van der Waals surface area contributed by atoms with Crippen molar-refractivity contribution in [1.82, 2.24) is 5.23 Å². The summed E-state index contributed by atoms with van der Waals surface area (Å²) >= 11 is 0. The van der Waals surface area contributed by atoms with Crippen molar-refractivity contribution >= 4 is 17.8 Å². The van der Waals surface area contributed by atoms with Gasteiger partial charge in [-0.2, -0.15) is 0 Å². The molecule has 0 bridgehead atoms. The van der Waals surface area contributed by atoms with Crippen LogP contribution < -0.4 is 0 Å². The molecular formula is C8H11NO5. The van der Waals surface area contributed by atoms with Crippen molar-refractivity contribution in [2.75, 3.05) is 0 Å². The van der Waals surface area contributed by atoms with Crippen LogP contribution in [0.15, 0.2) is 12.2 Å². The zero-order valence-corrected chi connectivity index (χ0v) is 8.20. The van der Waals surface area contributed by atoms with Crippen LogP contribution in [0.4, 0.5) is 0 Å². The fourth-order valence-corrected chi connectivity index (χ4v) is 0.491. The molecule has 6 nitrogen and oxygen atoms in total. The molecular weight excluding hydrogens is 190 g/mol. The molecule has 0 atom stereocenters. The van der Waals surface area contributed by atoms with E-state index in [1.165, 1.54) is 6.92 Å². The van der Waals surface area contributed by atoms with Crippen molar-refractivity contribution in [2.45, 2.75) is 20.8 Å². The highest BCUT2D eigenvalue weighted by Crippen LogP contribution is 2.01. The molecule has 0 heterocycles. The summed E-state index contributed by atoms with van der Waals surface area (Å²) in [5, 5.41) is 0.201. The highest BCUT2D eigenvalue weighted by atomic mass is 17.0. The first kappa shape index (κ1) is 12.2. The second-order valence-corrected chi connectivity index (χ2v) is 2.51. The van der Waals surface area contributed by atoms with Crippen LogP contribution in [-0.4, -0.2) is 23.1 Å². The zero-order valence-electron chi connectivity index (χ0n) is 8.20. The summed E-state index contributed by atoms with van der Waals surface area (Å²) < 4.78 is 0. The molecule has 1 amide bonds. The molecule has 0 unspecified atom stereocenters. The molecule has 0 aromatic rings. The Hall–Kier alpha value is -1.85. The second-order valence-electron chi connectivity index (χ2n) is 2.51. The highest BCUT2D eigenvalue weighted by Gasteiger charge is 2.21. The molecule has 78 valence electrons. The molecule has 0 aliphatic rings. The minimum Gasteiger partial charge on any atom is -0.303 e. The monoisotopic (exact) mass is 201 g/mol. The molecule has 0 N–H and O–H groups in total. The maximum absolute atomic E-state index is 11.2. The Morgan fingerprint density at radius 2 is 1.36 bits per heavy atom. The minimum atomic E-state index is -0.796. The molecule has 0 rings (SSSR count). The van der Waals surface area contributed by atoms with Crippen molar-refractivity contribution in [3.8, 4) is 0 Å². The van der Waals surface area contributed by atoms with Gasteiger partial charge in [0.05, 0.1) is 0 Å². The molecule has 6 heteroatoms. The van der Waals surface area contributed by atoms with Gasteiger partial charge in [-0.05, 0) is 6.92 Å². The van der Waals surface area contributed by atoms with Gasteiger partial charge in [-0.25, -0.2) is 9.59 Å².